The van der Waals surface area contributed by atoms with Crippen LogP contribution in [0.1, 0.15) is 26.7 Å². The van der Waals surface area contributed by atoms with Crippen LogP contribution in [0.15, 0.2) is 4.99 Å². The van der Waals surface area contributed by atoms with Gasteiger partial charge in [0.25, 0.3) is 0 Å². The highest BCUT2D eigenvalue weighted by atomic mass is 31.2. The molecule has 0 aromatic rings. The van der Waals surface area contributed by atoms with Crippen molar-refractivity contribution in [3.05, 3.63) is 0 Å². The third-order valence-electron chi connectivity index (χ3n) is 5.84. The molecule has 17 N–H and O–H groups in total. The number of aliphatic imine (C=N–C) groups is 1. The van der Waals surface area contributed by atoms with Crippen molar-refractivity contribution < 1.29 is 68.1 Å². The quantitative estimate of drug-likeness (QED) is 0.0230. The van der Waals surface area contributed by atoms with Gasteiger partial charge in [0.1, 0.15) is 30.2 Å². The highest BCUT2D eigenvalue weighted by Gasteiger charge is 2.36. The van der Waals surface area contributed by atoms with Crippen molar-refractivity contribution in [2.45, 2.75) is 69.0 Å². The van der Waals surface area contributed by atoms with Crippen LogP contribution in [-0.2, 0) is 37.9 Å². The third kappa shape index (κ3) is 15.9. The second-order valence-corrected chi connectivity index (χ2v) is 10.8. The van der Waals surface area contributed by atoms with Crippen LogP contribution in [0.3, 0.4) is 0 Å². The van der Waals surface area contributed by atoms with Gasteiger partial charge in [-0.25, -0.2) is 9.36 Å². The number of carboxylic acid groups (broad SMARTS) is 1. The maximum Gasteiger partial charge on any atom is 0.469 e. The van der Waals surface area contributed by atoms with Gasteiger partial charge < -0.3 is 74.0 Å². The number of guanidine groups is 1. The standard InChI is InChI=1S/C22H42N9O14P/c1-9(27-17(36)11(23)4-3-5-26-22(24)25)16(35)28-12(6-32)18(37)29-13(7-33)19(38)31-15(10(2)45-46(42,43)44)20(39)30-14(8-34)21(40)41/h9-15,32-34H,3-8,23H2,1-2H3,(H,27,36)(H,28,35)(H,29,37)(H,30,39)(H,31,38)(H,40,41)(H4,24,25,26)(H2,42,43,44)/t9-,10+,11-,12-,13-,14-,15-/m0/s1. The molecule has 5 amide bonds. The number of carboxylic acids is 1. The fourth-order valence-corrected chi connectivity index (χ4v) is 3.92. The average molecular weight is 688 g/mol. The summed E-state index contributed by atoms with van der Waals surface area (Å²) in [5.74, 6) is -7.49. The van der Waals surface area contributed by atoms with E-state index < -0.39 is 106 Å². The number of amides is 5. The van der Waals surface area contributed by atoms with Gasteiger partial charge in [0.15, 0.2) is 5.96 Å². The molecule has 0 spiro atoms. The summed E-state index contributed by atoms with van der Waals surface area (Å²) in [4.78, 5) is 96.1. The van der Waals surface area contributed by atoms with Gasteiger partial charge in [-0.2, -0.15) is 0 Å². The van der Waals surface area contributed by atoms with Crippen molar-refractivity contribution in [3.63, 3.8) is 0 Å². The number of carbonyl (C=O) groups is 6. The number of aliphatic hydroxyl groups is 3. The number of phosphoric acid groups is 1. The molecule has 24 heteroatoms. The third-order valence-corrected chi connectivity index (χ3v) is 6.45. The van der Waals surface area contributed by atoms with Gasteiger partial charge in [-0.1, -0.05) is 0 Å². The molecular weight excluding hydrogens is 645 g/mol. The minimum Gasteiger partial charge on any atom is -0.480 e. The molecule has 46 heavy (non-hydrogen) atoms. The molecule has 0 bridgehead atoms. The molecule has 0 aromatic carbocycles. The Hall–Kier alpha value is -3.96. The first-order valence-corrected chi connectivity index (χ1v) is 14.9. The van der Waals surface area contributed by atoms with E-state index in [0.717, 1.165) is 6.92 Å². The van der Waals surface area contributed by atoms with Crippen molar-refractivity contribution in [1.82, 2.24) is 26.6 Å². The number of hydrogen-bond donors (Lipinski definition) is 14. The van der Waals surface area contributed by atoms with Crippen LogP contribution >= 0.6 is 7.82 Å². The predicted octanol–water partition coefficient (Wildman–Crippen LogP) is -7.63. The number of nitrogens with zero attached hydrogens (tertiary/aromatic N) is 1. The van der Waals surface area contributed by atoms with Gasteiger partial charge in [0, 0.05) is 6.54 Å². The maximum atomic E-state index is 12.8. The van der Waals surface area contributed by atoms with Gasteiger partial charge in [0.2, 0.25) is 29.5 Å². The van der Waals surface area contributed by atoms with E-state index in [1.807, 2.05) is 16.0 Å². The fraction of sp³-hybridized carbons (Fsp3) is 0.682. The van der Waals surface area contributed by atoms with Crippen LogP contribution < -0.4 is 43.8 Å². The fourth-order valence-electron chi connectivity index (χ4n) is 3.37. The number of carbonyl (C=O) groups excluding carboxylic acids is 5. The van der Waals surface area contributed by atoms with E-state index in [9.17, 15) is 43.5 Å². The lowest BCUT2D eigenvalue weighted by Gasteiger charge is -2.28. The zero-order valence-corrected chi connectivity index (χ0v) is 25.8. The van der Waals surface area contributed by atoms with Crippen LogP contribution in [0.2, 0.25) is 0 Å². The summed E-state index contributed by atoms with van der Waals surface area (Å²) in [6.45, 7) is -0.904. The average Bonchev–Trinajstić information content (AvgIpc) is 2.96. The van der Waals surface area contributed by atoms with Crippen LogP contribution in [-0.4, -0.2) is 140 Å². The Morgan fingerprint density at radius 2 is 1.24 bits per heavy atom. The summed E-state index contributed by atoms with van der Waals surface area (Å²) >= 11 is 0. The lowest BCUT2D eigenvalue weighted by Crippen LogP contribution is -2.62. The molecule has 0 saturated carbocycles. The molecule has 0 unspecified atom stereocenters. The van der Waals surface area contributed by atoms with Crippen molar-refractivity contribution in [2.75, 3.05) is 26.4 Å². The van der Waals surface area contributed by atoms with Gasteiger partial charge in [0.05, 0.1) is 32.0 Å². The minimum absolute atomic E-state index is 0.138. The Labute approximate surface area is 261 Å². The lowest BCUT2D eigenvalue weighted by atomic mass is 10.1. The first-order valence-electron chi connectivity index (χ1n) is 13.4. The second kappa shape index (κ2) is 20.2. The summed E-state index contributed by atoms with van der Waals surface area (Å²) in [6, 6.07) is -9.88. The minimum atomic E-state index is -5.27. The lowest BCUT2D eigenvalue weighted by molar-refractivity contribution is -0.144. The largest absolute Gasteiger partial charge is 0.480 e. The predicted molar refractivity (Wildman–Crippen MR) is 155 cm³/mol. The second-order valence-electron chi connectivity index (χ2n) is 9.64. The summed E-state index contributed by atoms with van der Waals surface area (Å²) in [5, 5.41) is 47.7. The number of aliphatic carboxylic acids is 1. The van der Waals surface area contributed by atoms with E-state index in [0.29, 0.717) is 6.42 Å². The Morgan fingerprint density at radius 3 is 1.70 bits per heavy atom. The molecule has 0 radical (unpaired) electrons. The zero-order valence-electron chi connectivity index (χ0n) is 24.9. The monoisotopic (exact) mass is 687 g/mol. The normalized spacial score (nSPS) is 15.8. The summed E-state index contributed by atoms with van der Waals surface area (Å²) in [5.41, 5.74) is 16.2. The molecule has 7 atom stereocenters. The molecule has 0 rings (SSSR count). The van der Waals surface area contributed by atoms with E-state index >= 15 is 0 Å². The van der Waals surface area contributed by atoms with E-state index in [1.165, 1.54) is 6.92 Å². The number of aliphatic hydroxyl groups excluding tert-OH is 3. The molecule has 0 aliphatic heterocycles. The molecule has 0 aliphatic rings. The van der Waals surface area contributed by atoms with E-state index in [-0.39, 0.29) is 18.9 Å². The Balaban J connectivity index is 5.49. The Morgan fingerprint density at radius 1 is 0.761 bits per heavy atom. The molecule has 0 fully saturated rings. The van der Waals surface area contributed by atoms with Crippen molar-refractivity contribution in [2.24, 2.45) is 22.2 Å². The van der Waals surface area contributed by atoms with E-state index in [4.69, 9.17) is 37.2 Å². The maximum absolute atomic E-state index is 12.8. The van der Waals surface area contributed by atoms with Gasteiger partial charge in [-0.15, -0.1) is 0 Å². The molecule has 23 nitrogen and oxygen atoms in total. The van der Waals surface area contributed by atoms with Crippen molar-refractivity contribution in [3.8, 4) is 0 Å². The number of hydrogen-bond acceptors (Lipinski definition) is 13. The van der Waals surface area contributed by atoms with Crippen LogP contribution in [0, 0.1) is 0 Å². The van der Waals surface area contributed by atoms with E-state index in [2.05, 4.69) is 20.1 Å². The van der Waals surface area contributed by atoms with Crippen LogP contribution in [0.5, 0.6) is 0 Å². The van der Waals surface area contributed by atoms with E-state index in [1.54, 1.807) is 0 Å². The number of rotatable bonds is 21. The van der Waals surface area contributed by atoms with Crippen molar-refractivity contribution in [1.29, 1.82) is 0 Å². The Bertz CT molecular complexity index is 1150. The molecule has 0 heterocycles. The molecular formula is C22H42N9O14P. The summed E-state index contributed by atoms with van der Waals surface area (Å²) in [7, 11) is -5.27. The van der Waals surface area contributed by atoms with Crippen LogP contribution in [0.4, 0.5) is 0 Å². The van der Waals surface area contributed by atoms with Gasteiger partial charge in [-0.05, 0) is 26.7 Å². The van der Waals surface area contributed by atoms with Crippen LogP contribution in [0.25, 0.3) is 0 Å². The molecule has 0 aromatic heterocycles. The zero-order chi connectivity index (χ0) is 35.8. The molecule has 0 saturated heterocycles. The van der Waals surface area contributed by atoms with Gasteiger partial charge in [-0.3, -0.25) is 33.5 Å². The smallest absolute Gasteiger partial charge is 0.469 e. The summed E-state index contributed by atoms with van der Waals surface area (Å²) in [6.07, 6.45) is -1.32. The SMILES string of the molecule is C[C@H](NC(=O)[C@@H](N)CCCN=C(N)N)C(=O)N[C@@H](CO)C(=O)N[C@@H](CO)C(=O)N[C@H](C(=O)N[C@@H](CO)C(=O)O)[C@@H](C)OP(=O)(O)O. The number of phosphoric ester groups is 1. The first kappa shape index (κ1) is 42.0. The van der Waals surface area contributed by atoms with Gasteiger partial charge >= 0.3 is 13.8 Å². The molecule has 264 valence electrons. The first-order chi connectivity index (χ1) is 21.3. The highest BCUT2D eigenvalue weighted by molar-refractivity contribution is 7.46. The number of nitrogens with one attached hydrogen (secondary N) is 5. The number of nitrogens with two attached hydrogens (primary N) is 3. The topological polar surface area (TPSA) is 401 Å². The molecule has 0 aliphatic carbocycles. The van der Waals surface area contributed by atoms with Crippen molar-refractivity contribution >= 4 is 49.3 Å². The Kier molecular flexibility index (Phi) is 18.5. The summed E-state index contributed by atoms with van der Waals surface area (Å²) < 4.78 is 15.7. The highest BCUT2D eigenvalue weighted by Crippen LogP contribution is 2.38.